The fourth-order valence-corrected chi connectivity index (χ4v) is 2.27. The van der Waals surface area contributed by atoms with Crippen LogP contribution in [-0.4, -0.2) is 33.9 Å². The van der Waals surface area contributed by atoms with Crippen molar-refractivity contribution in [2.24, 2.45) is 5.92 Å². The van der Waals surface area contributed by atoms with E-state index >= 15 is 0 Å². The predicted molar refractivity (Wildman–Crippen MR) is 65.5 cm³/mol. The van der Waals surface area contributed by atoms with Crippen LogP contribution in [0.3, 0.4) is 0 Å². The smallest absolute Gasteiger partial charge is 0.225 e. The number of carbonyl (C=O) groups is 1. The maximum absolute atomic E-state index is 11.9. The molecule has 92 valence electrons. The molecule has 1 atom stereocenters. The van der Waals surface area contributed by atoms with Gasteiger partial charge in [0.25, 0.3) is 0 Å². The summed E-state index contributed by atoms with van der Waals surface area (Å²) >= 11 is 0. The van der Waals surface area contributed by atoms with E-state index in [1.54, 1.807) is 6.20 Å². The van der Waals surface area contributed by atoms with Gasteiger partial charge in [0.2, 0.25) is 5.91 Å². The van der Waals surface area contributed by atoms with E-state index in [9.17, 15) is 4.79 Å². The topological polar surface area (TPSA) is 46.1 Å². The van der Waals surface area contributed by atoms with Gasteiger partial charge in [0.05, 0.1) is 0 Å². The molecular formula is C13H19N3O. The molecule has 0 N–H and O–H groups in total. The highest BCUT2D eigenvalue weighted by atomic mass is 16.2. The largest absolute Gasteiger partial charge is 0.342 e. The number of hydrogen-bond acceptors (Lipinski definition) is 3. The molecule has 0 unspecified atom stereocenters. The molecule has 1 aromatic heterocycles. The Morgan fingerprint density at radius 2 is 2.29 bits per heavy atom. The van der Waals surface area contributed by atoms with Crippen LogP contribution in [0, 0.1) is 12.8 Å². The van der Waals surface area contributed by atoms with Crippen LogP contribution in [0.5, 0.6) is 0 Å². The van der Waals surface area contributed by atoms with Crippen LogP contribution in [0.2, 0.25) is 0 Å². The minimum absolute atomic E-state index is 0.0842. The molecule has 4 nitrogen and oxygen atoms in total. The zero-order valence-corrected chi connectivity index (χ0v) is 10.7. The maximum Gasteiger partial charge on any atom is 0.225 e. The van der Waals surface area contributed by atoms with Gasteiger partial charge < -0.3 is 4.90 Å². The Labute approximate surface area is 102 Å². The van der Waals surface area contributed by atoms with E-state index < -0.39 is 0 Å². The average Bonchev–Trinajstić information content (AvgIpc) is 2.77. The molecule has 1 saturated heterocycles. The summed E-state index contributed by atoms with van der Waals surface area (Å²) in [7, 11) is 0. The second kappa shape index (κ2) is 4.82. The molecule has 2 rings (SSSR count). The van der Waals surface area contributed by atoms with Crippen LogP contribution >= 0.6 is 0 Å². The molecule has 17 heavy (non-hydrogen) atoms. The predicted octanol–water partition coefficient (Wildman–Crippen LogP) is 1.76. The number of rotatable bonds is 2. The normalized spacial score (nSPS) is 20.0. The first-order valence-electron chi connectivity index (χ1n) is 6.16. The van der Waals surface area contributed by atoms with Crippen molar-refractivity contribution in [2.45, 2.75) is 33.1 Å². The summed E-state index contributed by atoms with van der Waals surface area (Å²) < 4.78 is 0. The highest BCUT2D eigenvalue weighted by molar-refractivity contribution is 5.78. The highest BCUT2D eigenvalue weighted by Gasteiger charge is 2.29. The third-order valence-electron chi connectivity index (χ3n) is 3.21. The molecule has 4 heteroatoms. The summed E-state index contributed by atoms with van der Waals surface area (Å²) in [6.07, 6.45) is 2.81. The summed E-state index contributed by atoms with van der Waals surface area (Å²) in [6.45, 7) is 7.45. The van der Waals surface area contributed by atoms with E-state index in [2.05, 4.69) is 9.97 Å². The maximum atomic E-state index is 11.9. The van der Waals surface area contributed by atoms with Gasteiger partial charge in [-0.25, -0.2) is 9.97 Å². The zero-order valence-electron chi connectivity index (χ0n) is 10.7. The summed E-state index contributed by atoms with van der Waals surface area (Å²) in [5, 5.41) is 0. The summed E-state index contributed by atoms with van der Waals surface area (Å²) in [5.41, 5.74) is 1.07. The summed E-state index contributed by atoms with van der Waals surface area (Å²) in [6, 6.07) is 1.96. The number of likely N-dealkylation sites (tertiary alicyclic amines) is 1. The number of nitrogens with zero attached hydrogens (tertiary/aromatic N) is 3. The van der Waals surface area contributed by atoms with Crippen molar-refractivity contribution in [3.8, 4) is 0 Å². The van der Waals surface area contributed by atoms with Gasteiger partial charge in [-0.3, -0.25) is 4.79 Å². The first-order chi connectivity index (χ1) is 8.08. The van der Waals surface area contributed by atoms with Gasteiger partial charge in [0.1, 0.15) is 5.82 Å². The number of aromatic nitrogens is 2. The van der Waals surface area contributed by atoms with E-state index in [4.69, 9.17) is 0 Å². The number of carbonyl (C=O) groups excluding carboxylic acids is 1. The van der Waals surface area contributed by atoms with Gasteiger partial charge in [0, 0.05) is 36.8 Å². The monoisotopic (exact) mass is 233 g/mol. The van der Waals surface area contributed by atoms with E-state index in [1.165, 1.54) is 0 Å². The molecule has 0 aromatic carbocycles. The van der Waals surface area contributed by atoms with Gasteiger partial charge in [-0.05, 0) is 19.4 Å². The minimum atomic E-state index is 0.0842. The lowest BCUT2D eigenvalue weighted by atomic mass is 10.0. The van der Waals surface area contributed by atoms with Crippen LogP contribution < -0.4 is 0 Å². The lowest BCUT2D eigenvalue weighted by Crippen LogP contribution is -2.32. The van der Waals surface area contributed by atoms with Crippen molar-refractivity contribution < 1.29 is 4.79 Å². The summed E-state index contributed by atoms with van der Waals surface area (Å²) in [4.78, 5) is 22.4. The first kappa shape index (κ1) is 12.0. The van der Waals surface area contributed by atoms with Crippen molar-refractivity contribution in [1.29, 1.82) is 0 Å². The Kier molecular flexibility index (Phi) is 3.41. The molecule has 1 aliphatic rings. The Hall–Kier alpha value is -1.45. The molecule has 1 aliphatic heterocycles. The van der Waals surface area contributed by atoms with Crippen molar-refractivity contribution in [1.82, 2.24) is 14.9 Å². The molecule has 1 amide bonds. The van der Waals surface area contributed by atoms with E-state index in [1.807, 2.05) is 31.7 Å². The SMILES string of the molecule is Cc1nccc([C@H]2CCN(C(=O)C(C)C)C2)n1. The first-order valence-corrected chi connectivity index (χ1v) is 6.16. The molecule has 0 aliphatic carbocycles. The molecule has 0 radical (unpaired) electrons. The number of amides is 1. The Morgan fingerprint density at radius 3 is 2.94 bits per heavy atom. The van der Waals surface area contributed by atoms with E-state index in [-0.39, 0.29) is 11.8 Å². The number of hydrogen-bond donors (Lipinski definition) is 0. The average molecular weight is 233 g/mol. The molecule has 1 fully saturated rings. The van der Waals surface area contributed by atoms with Crippen LogP contribution in [-0.2, 0) is 4.79 Å². The zero-order chi connectivity index (χ0) is 12.4. The minimum Gasteiger partial charge on any atom is -0.342 e. The Morgan fingerprint density at radius 1 is 1.53 bits per heavy atom. The van der Waals surface area contributed by atoms with Crippen LogP contribution in [0.4, 0.5) is 0 Å². The van der Waals surface area contributed by atoms with Crippen molar-refractivity contribution in [2.75, 3.05) is 13.1 Å². The second-order valence-electron chi connectivity index (χ2n) is 4.95. The standard InChI is InChI=1S/C13H19N3O/c1-9(2)13(17)16-7-5-11(8-16)12-4-6-14-10(3)15-12/h4,6,9,11H,5,7-8H2,1-3H3/t11-/m0/s1. The van der Waals surface area contributed by atoms with Gasteiger partial charge in [-0.1, -0.05) is 13.8 Å². The Balaban J connectivity index is 2.05. The van der Waals surface area contributed by atoms with Gasteiger partial charge >= 0.3 is 0 Å². The second-order valence-corrected chi connectivity index (χ2v) is 4.95. The summed E-state index contributed by atoms with van der Waals surface area (Å²) in [5.74, 6) is 1.51. The molecule has 0 saturated carbocycles. The molecule has 0 spiro atoms. The molecule has 0 bridgehead atoms. The van der Waals surface area contributed by atoms with E-state index in [0.29, 0.717) is 5.92 Å². The van der Waals surface area contributed by atoms with Crippen LogP contribution in [0.15, 0.2) is 12.3 Å². The van der Waals surface area contributed by atoms with E-state index in [0.717, 1.165) is 31.0 Å². The molecule has 1 aromatic rings. The molecular weight excluding hydrogens is 214 g/mol. The highest BCUT2D eigenvalue weighted by Crippen LogP contribution is 2.26. The number of aryl methyl sites for hydroxylation is 1. The van der Waals surface area contributed by atoms with Crippen molar-refractivity contribution in [3.05, 3.63) is 23.8 Å². The fraction of sp³-hybridized carbons (Fsp3) is 0.615. The van der Waals surface area contributed by atoms with Crippen LogP contribution in [0.25, 0.3) is 0 Å². The third-order valence-corrected chi connectivity index (χ3v) is 3.21. The van der Waals surface area contributed by atoms with Gasteiger partial charge in [0.15, 0.2) is 0 Å². The lowest BCUT2D eigenvalue weighted by Gasteiger charge is -2.18. The Bertz CT molecular complexity index is 417. The third kappa shape index (κ3) is 2.62. The van der Waals surface area contributed by atoms with Crippen LogP contribution in [0.1, 0.15) is 37.7 Å². The lowest BCUT2D eigenvalue weighted by molar-refractivity contribution is -0.133. The van der Waals surface area contributed by atoms with Gasteiger partial charge in [-0.2, -0.15) is 0 Å². The van der Waals surface area contributed by atoms with Crippen molar-refractivity contribution in [3.63, 3.8) is 0 Å². The molecule has 2 heterocycles. The fourth-order valence-electron chi connectivity index (χ4n) is 2.27. The quantitative estimate of drug-likeness (QED) is 0.782. The van der Waals surface area contributed by atoms with Crippen molar-refractivity contribution >= 4 is 5.91 Å². The van der Waals surface area contributed by atoms with Gasteiger partial charge in [-0.15, -0.1) is 0 Å².